The van der Waals surface area contributed by atoms with E-state index in [0.717, 1.165) is 47.5 Å². The number of hydrogen-bond acceptors (Lipinski definition) is 6. The summed E-state index contributed by atoms with van der Waals surface area (Å²) < 4.78 is 6.56. The van der Waals surface area contributed by atoms with Gasteiger partial charge in [-0.2, -0.15) is 5.10 Å². The van der Waals surface area contributed by atoms with Gasteiger partial charge in [0.25, 0.3) is 5.91 Å². The fourth-order valence-electron chi connectivity index (χ4n) is 5.01. The second kappa shape index (κ2) is 10.8. The first-order valence-corrected chi connectivity index (χ1v) is 13.1. The molecule has 192 valence electrons. The number of piperidine rings is 1. The van der Waals surface area contributed by atoms with Gasteiger partial charge >= 0.3 is 0 Å². The first-order chi connectivity index (χ1) is 17.9. The Hall–Kier alpha value is -3.56. The fraction of sp³-hybridized carbons (Fsp3) is 0.357. The smallest absolute Gasteiger partial charge is 0.251 e. The van der Waals surface area contributed by atoms with E-state index in [4.69, 9.17) is 17.0 Å². The maximum Gasteiger partial charge on any atom is 0.251 e. The van der Waals surface area contributed by atoms with E-state index in [1.54, 1.807) is 12.1 Å². The van der Waals surface area contributed by atoms with Crippen LogP contribution in [0.4, 0.5) is 0 Å². The van der Waals surface area contributed by atoms with E-state index in [-0.39, 0.29) is 17.9 Å². The van der Waals surface area contributed by atoms with Crippen molar-refractivity contribution >= 4 is 29.0 Å². The van der Waals surface area contributed by atoms with Crippen LogP contribution >= 0.6 is 12.2 Å². The molecule has 0 aliphatic carbocycles. The molecule has 1 aliphatic rings. The summed E-state index contributed by atoms with van der Waals surface area (Å²) in [7, 11) is 0. The van der Waals surface area contributed by atoms with Crippen LogP contribution in [0.2, 0.25) is 0 Å². The summed E-state index contributed by atoms with van der Waals surface area (Å²) in [6.07, 6.45) is 0.884. The first-order valence-electron chi connectivity index (χ1n) is 12.6. The highest BCUT2D eigenvalue weighted by molar-refractivity contribution is 7.71. The van der Waals surface area contributed by atoms with Gasteiger partial charge in [-0.25, -0.2) is 0 Å². The number of nitrogens with one attached hydrogen (secondary N) is 3. The summed E-state index contributed by atoms with van der Waals surface area (Å²) in [5.74, 6) is 1.45. The zero-order valence-corrected chi connectivity index (χ0v) is 22.1. The number of rotatable bonds is 7. The number of aromatic nitrogens is 4. The van der Waals surface area contributed by atoms with Crippen molar-refractivity contribution in [3.05, 3.63) is 82.0 Å². The number of fused-ring (bicyclic) bond motifs is 1. The normalized spacial score (nSPS) is 18.3. The average Bonchev–Trinajstić information content (AvgIpc) is 3.33. The number of aromatic amines is 2. The van der Waals surface area contributed by atoms with Gasteiger partial charge in [-0.05, 0) is 82.4 Å². The van der Waals surface area contributed by atoms with Crippen molar-refractivity contribution in [2.45, 2.75) is 51.8 Å². The van der Waals surface area contributed by atoms with E-state index in [2.05, 4.69) is 56.4 Å². The number of benzene rings is 2. The van der Waals surface area contributed by atoms with Crippen LogP contribution < -0.4 is 10.1 Å². The molecular weight excluding hydrogens is 484 g/mol. The number of H-pyrrole nitrogens is 2. The first kappa shape index (κ1) is 25.1. The number of carbonyl (C=O) groups excluding carboxylic acids is 1. The van der Waals surface area contributed by atoms with Gasteiger partial charge in [0.1, 0.15) is 18.2 Å². The fourth-order valence-corrected chi connectivity index (χ4v) is 5.16. The number of likely N-dealkylation sites (tertiary alicyclic amines) is 1. The van der Waals surface area contributed by atoms with Crippen molar-refractivity contribution < 1.29 is 9.53 Å². The van der Waals surface area contributed by atoms with Gasteiger partial charge in [-0.3, -0.25) is 19.8 Å². The Morgan fingerprint density at radius 2 is 2.00 bits per heavy atom. The molecule has 0 radical (unpaired) electrons. The van der Waals surface area contributed by atoms with Gasteiger partial charge < -0.3 is 15.0 Å². The summed E-state index contributed by atoms with van der Waals surface area (Å²) in [5.41, 5.74) is 3.59. The molecule has 2 aromatic heterocycles. The highest BCUT2D eigenvalue weighted by Gasteiger charge is 2.34. The van der Waals surface area contributed by atoms with Crippen molar-refractivity contribution in [1.29, 1.82) is 0 Å². The zero-order chi connectivity index (χ0) is 25.9. The van der Waals surface area contributed by atoms with Crippen molar-refractivity contribution in [2.75, 3.05) is 13.1 Å². The summed E-state index contributed by atoms with van der Waals surface area (Å²) in [4.78, 5) is 23.3. The third kappa shape index (κ3) is 5.73. The standard InChI is InChI=1S/C28H32N6O2S/c1-17(2)34-13-12-23(26-31-28(37)33-32-26)25(15-34)30-27(35)19-8-10-21(11-9-19)36-16-20-14-18(3)29-24-7-5-4-6-22(20)24/h4-11,14,17,23,25H,12-13,15-16H2,1-3H3,(H,30,35)(H2,31,32,33,37). The molecule has 0 saturated carbocycles. The van der Waals surface area contributed by atoms with Gasteiger partial charge in [0.2, 0.25) is 0 Å². The lowest BCUT2D eigenvalue weighted by molar-refractivity contribution is 0.0859. The van der Waals surface area contributed by atoms with Gasteiger partial charge in [0.05, 0.1) is 11.6 Å². The maximum atomic E-state index is 13.2. The molecule has 1 aliphatic heterocycles. The van der Waals surface area contributed by atoms with Gasteiger partial charge in [0, 0.05) is 40.7 Å². The van der Waals surface area contributed by atoms with E-state index in [1.165, 1.54) is 0 Å². The lowest BCUT2D eigenvalue weighted by Crippen LogP contribution is -2.53. The van der Waals surface area contributed by atoms with Gasteiger partial charge in [0.15, 0.2) is 4.77 Å². The van der Waals surface area contributed by atoms with Crippen LogP contribution in [-0.2, 0) is 6.61 Å². The van der Waals surface area contributed by atoms with Crippen molar-refractivity contribution in [2.24, 2.45) is 0 Å². The number of hydrogen-bond donors (Lipinski definition) is 3. The van der Waals surface area contributed by atoms with E-state index >= 15 is 0 Å². The molecule has 2 unspecified atom stereocenters. The van der Waals surface area contributed by atoms with Crippen LogP contribution in [0.25, 0.3) is 10.9 Å². The van der Waals surface area contributed by atoms with E-state index in [0.29, 0.717) is 28.7 Å². The third-order valence-corrected chi connectivity index (χ3v) is 7.20. The highest BCUT2D eigenvalue weighted by atomic mass is 32.1. The molecular formula is C28H32N6O2S. The molecule has 1 fully saturated rings. The molecule has 2 aromatic carbocycles. The number of pyridine rings is 1. The van der Waals surface area contributed by atoms with Crippen LogP contribution in [0.5, 0.6) is 5.75 Å². The van der Waals surface area contributed by atoms with E-state index < -0.39 is 0 Å². The molecule has 4 aromatic rings. The quantitative estimate of drug-likeness (QED) is 0.302. The predicted octanol–water partition coefficient (Wildman–Crippen LogP) is 4.90. The van der Waals surface area contributed by atoms with Crippen LogP contribution in [0.15, 0.2) is 54.6 Å². The summed E-state index contributed by atoms with van der Waals surface area (Å²) in [6.45, 7) is 8.46. The van der Waals surface area contributed by atoms with Crippen LogP contribution in [0.3, 0.4) is 0 Å². The van der Waals surface area contributed by atoms with E-state index in [9.17, 15) is 4.79 Å². The molecule has 3 N–H and O–H groups in total. The number of nitrogens with zero attached hydrogens (tertiary/aromatic N) is 3. The molecule has 0 spiro atoms. The molecule has 5 rings (SSSR count). The number of amides is 1. The van der Waals surface area contributed by atoms with Gasteiger partial charge in [-0.15, -0.1) is 0 Å². The summed E-state index contributed by atoms with van der Waals surface area (Å²) in [5, 5.41) is 11.5. The van der Waals surface area contributed by atoms with Crippen molar-refractivity contribution in [1.82, 2.24) is 30.4 Å². The van der Waals surface area contributed by atoms with Crippen LogP contribution in [0.1, 0.15) is 53.6 Å². The second-order valence-corrected chi connectivity index (χ2v) is 10.3. The minimum Gasteiger partial charge on any atom is -0.489 e. The number of aryl methyl sites for hydroxylation is 1. The molecule has 2 atom stereocenters. The molecule has 0 bridgehead atoms. The molecule has 8 nitrogen and oxygen atoms in total. The SMILES string of the molecule is Cc1cc(COc2ccc(C(=O)NC3CN(C(C)C)CCC3c3n[nH]c(=S)[nH]3)cc2)c2ccccc2n1. The minimum absolute atomic E-state index is 0.0631. The average molecular weight is 517 g/mol. The molecule has 1 amide bonds. The predicted molar refractivity (Wildman–Crippen MR) is 146 cm³/mol. The summed E-state index contributed by atoms with van der Waals surface area (Å²) >= 11 is 5.18. The highest BCUT2D eigenvalue weighted by Crippen LogP contribution is 2.27. The Bertz CT molecular complexity index is 1450. The molecule has 37 heavy (non-hydrogen) atoms. The Morgan fingerprint density at radius 3 is 2.73 bits per heavy atom. The summed E-state index contributed by atoms with van der Waals surface area (Å²) in [6, 6.07) is 17.7. The van der Waals surface area contributed by atoms with Crippen LogP contribution in [0, 0.1) is 11.7 Å². The Labute approximate surface area is 221 Å². The number of para-hydroxylation sites is 1. The minimum atomic E-state index is -0.114. The monoisotopic (exact) mass is 516 g/mol. The Morgan fingerprint density at radius 1 is 1.22 bits per heavy atom. The molecule has 9 heteroatoms. The Kier molecular flexibility index (Phi) is 7.34. The topological polar surface area (TPSA) is 98.9 Å². The molecule has 1 saturated heterocycles. The van der Waals surface area contributed by atoms with Crippen molar-refractivity contribution in [3.63, 3.8) is 0 Å². The van der Waals surface area contributed by atoms with Gasteiger partial charge in [-0.1, -0.05) is 18.2 Å². The van der Waals surface area contributed by atoms with Crippen molar-refractivity contribution in [3.8, 4) is 5.75 Å². The van der Waals surface area contributed by atoms with Crippen LogP contribution in [-0.4, -0.2) is 56.1 Å². The van der Waals surface area contributed by atoms with E-state index in [1.807, 2.05) is 37.3 Å². The Balaban J connectivity index is 1.27. The number of carbonyl (C=O) groups is 1. The molecule has 3 heterocycles. The third-order valence-electron chi connectivity index (χ3n) is 7.00. The number of ether oxygens (including phenoxy) is 1. The largest absolute Gasteiger partial charge is 0.489 e. The lowest BCUT2D eigenvalue weighted by atomic mass is 9.90. The second-order valence-electron chi connectivity index (χ2n) is 9.88. The zero-order valence-electron chi connectivity index (χ0n) is 21.3. The maximum absolute atomic E-state index is 13.2. The lowest BCUT2D eigenvalue weighted by Gasteiger charge is -2.40.